The summed E-state index contributed by atoms with van der Waals surface area (Å²) < 4.78 is 4.59. The third kappa shape index (κ3) is 2.61. The average Bonchev–Trinajstić information content (AvgIpc) is 3.14. The monoisotopic (exact) mass is 234 g/mol. The molecule has 1 aromatic rings. The van der Waals surface area contributed by atoms with E-state index in [2.05, 4.69) is 15.0 Å². The molecule has 5 nitrogen and oxygen atoms in total. The zero-order valence-electron chi connectivity index (χ0n) is 9.82. The van der Waals surface area contributed by atoms with E-state index in [4.69, 9.17) is 0 Å². The van der Waals surface area contributed by atoms with Crippen LogP contribution in [0.2, 0.25) is 0 Å². The van der Waals surface area contributed by atoms with E-state index < -0.39 is 5.97 Å². The Kier molecular flexibility index (Phi) is 3.08. The minimum atomic E-state index is -0.430. The number of rotatable bonds is 3. The van der Waals surface area contributed by atoms with Crippen LogP contribution in [0, 0.1) is 12.8 Å². The number of pyridine rings is 1. The maximum absolute atomic E-state index is 11.6. The molecule has 90 valence electrons. The quantitative estimate of drug-likeness (QED) is 0.805. The van der Waals surface area contributed by atoms with E-state index in [1.54, 1.807) is 13.0 Å². The predicted molar refractivity (Wildman–Crippen MR) is 61.7 cm³/mol. The second kappa shape index (κ2) is 4.53. The van der Waals surface area contributed by atoms with Crippen molar-refractivity contribution in [2.45, 2.75) is 19.8 Å². The molecule has 0 spiro atoms. The summed E-state index contributed by atoms with van der Waals surface area (Å²) in [5.41, 5.74) is 1.14. The molecule has 1 fully saturated rings. The van der Waals surface area contributed by atoms with Gasteiger partial charge in [-0.2, -0.15) is 0 Å². The number of methoxy groups -OCH3 is 1. The predicted octanol–water partition coefficient (Wildman–Crippen LogP) is 1.53. The molecule has 0 bridgehead atoms. The number of esters is 1. The van der Waals surface area contributed by atoms with E-state index >= 15 is 0 Å². The van der Waals surface area contributed by atoms with Gasteiger partial charge in [0.05, 0.1) is 12.7 Å². The molecule has 1 aliphatic rings. The van der Waals surface area contributed by atoms with Crippen LogP contribution in [0.4, 0.5) is 5.82 Å². The molecule has 2 rings (SSSR count). The number of amides is 1. The van der Waals surface area contributed by atoms with Gasteiger partial charge < -0.3 is 10.1 Å². The van der Waals surface area contributed by atoms with Crippen LogP contribution in [0.1, 0.15) is 28.8 Å². The minimum absolute atomic E-state index is 0.00594. The van der Waals surface area contributed by atoms with Gasteiger partial charge in [0.25, 0.3) is 0 Å². The third-order valence-corrected chi connectivity index (χ3v) is 2.69. The molecule has 0 saturated heterocycles. The molecule has 0 atom stereocenters. The summed E-state index contributed by atoms with van der Waals surface area (Å²) in [4.78, 5) is 26.9. The molecule has 1 heterocycles. The first-order valence-corrected chi connectivity index (χ1v) is 5.47. The number of hydrogen-bond acceptors (Lipinski definition) is 4. The number of nitrogens with zero attached hydrogens (tertiary/aromatic N) is 1. The number of aryl methyl sites for hydroxylation is 1. The van der Waals surface area contributed by atoms with Gasteiger partial charge in [-0.05, 0) is 31.4 Å². The van der Waals surface area contributed by atoms with Crippen LogP contribution < -0.4 is 5.32 Å². The first-order valence-electron chi connectivity index (χ1n) is 5.47. The van der Waals surface area contributed by atoms with Crippen LogP contribution in [0.3, 0.4) is 0 Å². The zero-order valence-corrected chi connectivity index (χ0v) is 9.82. The smallest absolute Gasteiger partial charge is 0.339 e. The van der Waals surface area contributed by atoms with E-state index in [0.717, 1.165) is 18.4 Å². The number of carbonyl (C=O) groups is 2. The number of ether oxygens (including phenoxy) is 1. The van der Waals surface area contributed by atoms with Crippen LogP contribution >= 0.6 is 0 Å². The highest BCUT2D eigenvalue weighted by molar-refractivity contribution is 5.94. The van der Waals surface area contributed by atoms with Crippen molar-refractivity contribution in [1.82, 2.24) is 4.98 Å². The number of aromatic nitrogens is 1. The van der Waals surface area contributed by atoms with Gasteiger partial charge >= 0.3 is 5.97 Å². The van der Waals surface area contributed by atoms with Gasteiger partial charge in [0, 0.05) is 12.1 Å². The van der Waals surface area contributed by atoms with Gasteiger partial charge in [0.2, 0.25) is 5.91 Å². The topological polar surface area (TPSA) is 68.3 Å². The van der Waals surface area contributed by atoms with Gasteiger partial charge in [0.1, 0.15) is 5.82 Å². The Morgan fingerprint density at radius 3 is 2.71 bits per heavy atom. The van der Waals surface area contributed by atoms with E-state index in [-0.39, 0.29) is 11.8 Å². The first kappa shape index (κ1) is 11.6. The van der Waals surface area contributed by atoms with E-state index in [1.807, 2.05) is 0 Å². The fraction of sp³-hybridized carbons (Fsp3) is 0.417. The first-order chi connectivity index (χ1) is 8.11. The molecular weight excluding hydrogens is 220 g/mol. The van der Waals surface area contributed by atoms with Crippen molar-refractivity contribution in [3.05, 3.63) is 23.4 Å². The summed E-state index contributed by atoms with van der Waals surface area (Å²) in [6, 6.07) is 1.65. The molecule has 1 aromatic heterocycles. The van der Waals surface area contributed by atoms with Gasteiger partial charge in [0.15, 0.2) is 0 Å². The van der Waals surface area contributed by atoms with E-state index in [9.17, 15) is 9.59 Å². The van der Waals surface area contributed by atoms with E-state index in [0.29, 0.717) is 11.4 Å². The van der Waals surface area contributed by atoms with Crippen LogP contribution in [0.5, 0.6) is 0 Å². The van der Waals surface area contributed by atoms with Crippen LogP contribution in [0.25, 0.3) is 0 Å². The fourth-order valence-electron chi connectivity index (χ4n) is 1.50. The molecule has 5 heteroatoms. The Balaban J connectivity index is 2.13. The molecule has 0 radical (unpaired) electrons. The molecule has 17 heavy (non-hydrogen) atoms. The highest BCUT2D eigenvalue weighted by Crippen LogP contribution is 2.30. The normalized spacial score (nSPS) is 14.2. The lowest BCUT2D eigenvalue weighted by molar-refractivity contribution is -0.117. The van der Waals surface area contributed by atoms with Crippen molar-refractivity contribution in [2.24, 2.45) is 5.92 Å². The largest absolute Gasteiger partial charge is 0.465 e. The second-order valence-corrected chi connectivity index (χ2v) is 4.14. The highest BCUT2D eigenvalue weighted by Gasteiger charge is 2.30. The summed E-state index contributed by atoms with van der Waals surface area (Å²) in [6.45, 7) is 1.79. The van der Waals surface area contributed by atoms with Gasteiger partial charge in [-0.15, -0.1) is 0 Å². The fourth-order valence-corrected chi connectivity index (χ4v) is 1.50. The molecule has 0 aromatic carbocycles. The molecule has 0 unspecified atom stereocenters. The molecule has 1 saturated carbocycles. The van der Waals surface area contributed by atoms with E-state index in [1.165, 1.54) is 13.3 Å². The molecular formula is C12H14N2O3. The maximum Gasteiger partial charge on any atom is 0.339 e. The highest BCUT2D eigenvalue weighted by atomic mass is 16.5. The Bertz CT molecular complexity index is 467. The molecule has 1 N–H and O–H groups in total. The summed E-state index contributed by atoms with van der Waals surface area (Å²) in [5.74, 6) is 0.220. The minimum Gasteiger partial charge on any atom is -0.465 e. The number of nitrogens with one attached hydrogen (secondary N) is 1. The number of carbonyl (C=O) groups excluding carboxylic acids is 2. The van der Waals surface area contributed by atoms with Crippen LogP contribution in [-0.4, -0.2) is 24.0 Å². The van der Waals surface area contributed by atoms with Crippen molar-refractivity contribution < 1.29 is 14.3 Å². The molecule has 1 amide bonds. The van der Waals surface area contributed by atoms with Crippen molar-refractivity contribution in [1.29, 1.82) is 0 Å². The Morgan fingerprint density at radius 2 is 2.18 bits per heavy atom. The SMILES string of the molecule is COC(=O)c1cnc(NC(=O)C2CC2)c(C)c1. The number of anilines is 1. The lowest BCUT2D eigenvalue weighted by Gasteiger charge is -2.07. The standard InChI is InChI=1S/C12H14N2O3/c1-7-5-9(12(16)17-2)6-13-10(7)14-11(15)8-3-4-8/h5-6,8H,3-4H2,1-2H3,(H,13,14,15). The van der Waals surface area contributed by atoms with Gasteiger partial charge in [-0.3, -0.25) is 4.79 Å². The lowest BCUT2D eigenvalue weighted by atomic mass is 10.2. The Hall–Kier alpha value is -1.91. The average molecular weight is 234 g/mol. The van der Waals surface area contributed by atoms with Crippen molar-refractivity contribution in [3.63, 3.8) is 0 Å². The molecule has 1 aliphatic carbocycles. The van der Waals surface area contributed by atoms with Gasteiger partial charge in [-0.1, -0.05) is 0 Å². The third-order valence-electron chi connectivity index (χ3n) is 2.69. The lowest BCUT2D eigenvalue weighted by Crippen LogP contribution is -2.15. The summed E-state index contributed by atoms with van der Waals surface area (Å²) in [7, 11) is 1.32. The zero-order chi connectivity index (χ0) is 12.4. The van der Waals surface area contributed by atoms with Crippen LogP contribution in [0.15, 0.2) is 12.3 Å². The Labute approximate surface area is 99.2 Å². The maximum atomic E-state index is 11.6. The van der Waals surface area contributed by atoms with Crippen LogP contribution in [-0.2, 0) is 9.53 Å². The Morgan fingerprint density at radius 1 is 1.47 bits per heavy atom. The second-order valence-electron chi connectivity index (χ2n) is 4.14. The summed E-state index contributed by atoms with van der Waals surface area (Å²) >= 11 is 0. The molecule has 0 aliphatic heterocycles. The van der Waals surface area contributed by atoms with Crippen molar-refractivity contribution in [2.75, 3.05) is 12.4 Å². The van der Waals surface area contributed by atoms with Crippen molar-refractivity contribution in [3.8, 4) is 0 Å². The number of hydrogen-bond donors (Lipinski definition) is 1. The van der Waals surface area contributed by atoms with Crippen molar-refractivity contribution >= 4 is 17.7 Å². The summed E-state index contributed by atoms with van der Waals surface area (Å²) in [5, 5.41) is 2.75. The summed E-state index contributed by atoms with van der Waals surface area (Å²) in [6.07, 6.45) is 3.30. The van der Waals surface area contributed by atoms with Gasteiger partial charge in [-0.25, -0.2) is 9.78 Å².